The van der Waals surface area contributed by atoms with Crippen LogP contribution in [-0.4, -0.2) is 92.1 Å². The lowest BCUT2D eigenvalue weighted by atomic mass is 10.1. The third-order valence-electron chi connectivity index (χ3n) is 5.16. The number of nitrogens with one attached hydrogen (secondary N) is 1. The van der Waals surface area contributed by atoms with Crippen LogP contribution in [0.15, 0.2) is 0 Å². The molecule has 1 saturated heterocycles. The van der Waals surface area contributed by atoms with Crippen molar-refractivity contribution in [2.24, 2.45) is 5.73 Å². The maximum atomic E-state index is 12.6. The number of thiophene rings is 1. The highest BCUT2D eigenvalue weighted by atomic mass is 32.2. The van der Waals surface area contributed by atoms with Crippen LogP contribution in [0.5, 0.6) is 0 Å². The predicted molar refractivity (Wildman–Crippen MR) is 122 cm³/mol. The maximum absolute atomic E-state index is 12.6. The second kappa shape index (κ2) is 11.2. The molecule has 32 heavy (non-hydrogen) atoms. The van der Waals surface area contributed by atoms with Crippen molar-refractivity contribution in [3.05, 3.63) is 16.0 Å². The van der Waals surface area contributed by atoms with Crippen LogP contribution in [0.3, 0.4) is 0 Å². The molecule has 1 fully saturated rings. The zero-order valence-electron chi connectivity index (χ0n) is 18.8. The van der Waals surface area contributed by atoms with Gasteiger partial charge in [-0.25, -0.2) is 4.79 Å². The van der Waals surface area contributed by atoms with Crippen LogP contribution < -0.4 is 11.1 Å². The molecule has 2 rings (SSSR count). The van der Waals surface area contributed by atoms with Crippen LogP contribution in [0.1, 0.15) is 46.4 Å². The van der Waals surface area contributed by atoms with Crippen molar-refractivity contribution >= 4 is 44.3 Å². The number of amides is 2. The second-order valence-corrected chi connectivity index (χ2v) is 10.1. The summed E-state index contributed by atoms with van der Waals surface area (Å²) in [4.78, 5) is 38.7. The van der Waals surface area contributed by atoms with Gasteiger partial charge in [0.05, 0.1) is 23.6 Å². The molecule has 1 aromatic rings. The van der Waals surface area contributed by atoms with Crippen LogP contribution in [0.2, 0.25) is 0 Å². The van der Waals surface area contributed by atoms with E-state index in [2.05, 4.69) is 5.32 Å². The fourth-order valence-corrected chi connectivity index (χ4v) is 6.15. The molecule has 2 amide bonds. The lowest BCUT2D eigenvalue weighted by Crippen LogP contribution is -2.54. The Hall–Kier alpha value is -2.06. The normalized spacial score (nSPS) is 15.7. The van der Waals surface area contributed by atoms with Crippen molar-refractivity contribution in [3.8, 4) is 0 Å². The average Bonchev–Trinajstić information content (AvgIpc) is 3.05. The fraction of sp³-hybridized carbons (Fsp3) is 0.632. The minimum Gasteiger partial charge on any atom is -0.462 e. The summed E-state index contributed by atoms with van der Waals surface area (Å²) in [5.41, 5.74) is 5.87. The minimum atomic E-state index is -3.51. The predicted octanol–water partition coefficient (Wildman–Crippen LogP) is 0.475. The Kier molecular flexibility index (Phi) is 9.16. The van der Waals surface area contributed by atoms with Gasteiger partial charge in [0.2, 0.25) is 5.91 Å². The van der Waals surface area contributed by atoms with Gasteiger partial charge in [-0.15, -0.1) is 11.3 Å². The van der Waals surface area contributed by atoms with Crippen LogP contribution in [0.4, 0.5) is 5.00 Å². The summed E-state index contributed by atoms with van der Waals surface area (Å²) < 4.78 is 33.1. The van der Waals surface area contributed by atoms with Gasteiger partial charge in [0, 0.05) is 39.3 Å². The molecule has 0 unspecified atom stereocenters. The van der Waals surface area contributed by atoms with Gasteiger partial charge in [-0.1, -0.05) is 13.8 Å². The summed E-state index contributed by atoms with van der Waals surface area (Å²) >= 11 is 0.932. The largest absolute Gasteiger partial charge is 0.462 e. The van der Waals surface area contributed by atoms with E-state index in [1.807, 2.05) is 4.90 Å². The van der Waals surface area contributed by atoms with Crippen molar-refractivity contribution in [2.45, 2.75) is 27.7 Å². The summed E-state index contributed by atoms with van der Waals surface area (Å²) in [7, 11) is -3.51. The molecule has 0 atom stereocenters. The lowest BCUT2D eigenvalue weighted by molar-refractivity contribution is -0.117. The molecule has 13 heteroatoms. The molecule has 3 N–H and O–H groups in total. The summed E-state index contributed by atoms with van der Waals surface area (Å²) in [6.45, 7) is 9.15. The molecule has 0 radical (unpaired) electrons. The van der Waals surface area contributed by atoms with Gasteiger partial charge in [0.1, 0.15) is 5.00 Å². The Morgan fingerprint density at radius 1 is 1.12 bits per heavy atom. The smallest absolute Gasteiger partial charge is 0.341 e. The number of nitrogens with zero attached hydrogens (tertiary/aromatic N) is 3. The lowest BCUT2D eigenvalue weighted by Gasteiger charge is -2.35. The van der Waals surface area contributed by atoms with Gasteiger partial charge in [-0.3, -0.25) is 14.5 Å². The van der Waals surface area contributed by atoms with E-state index >= 15 is 0 Å². The second-order valence-electron chi connectivity index (χ2n) is 7.16. The molecular formula is C19H31N5O6S2. The first-order chi connectivity index (χ1) is 15.1. The van der Waals surface area contributed by atoms with E-state index in [9.17, 15) is 22.8 Å². The van der Waals surface area contributed by atoms with Crippen LogP contribution >= 0.6 is 11.3 Å². The molecule has 0 spiro atoms. The zero-order chi connectivity index (χ0) is 24.1. The first kappa shape index (κ1) is 26.2. The Balaban J connectivity index is 2.04. The molecule has 180 valence electrons. The molecule has 0 aliphatic carbocycles. The number of nitrogens with two attached hydrogens (primary N) is 1. The Bertz CT molecular complexity index is 950. The van der Waals surface area contributed by atoms with E-state index in [4.69, 9.17) is 10.5 Å². The van der Waals surface area contributed by atoms with Crippen LogP contribution in [-0.2, 0) is 19.7 Å². The number of hydrogen-bond acceptors (Lipinski definition) is 8. The maximum Gasteiger partial charge on any atom is 0.341 e. The molecule has 1 aliphatic heterocycles. The zero-order valence-corrected chi connectivity index (χ0v) is 20.5. The van der Waals surface area contributed by atoms with Gasteiger partial charge >= 0.3 is 5.97 Å². The monoisotopic (exact) mass is 489 g/mol. The number of rotatable bonds is 10. The highest BCUT2D eigenvalue weighted by molar-refractivity contribution is 7.86. The third kappa shape index (κ3) is 5.84. The number of carbonyl (C=O) groups excluding carboxylic acids is 3. The Labute approximate surface area is 192 Å². The number of ether oxygens (including phenoxy) is 1. The molecule has 11 nitrogen and oxygen atoms in total. The molecule has 0 aromatic carbocycles. The summed E-state index contributed by atoms with van der Waals surface area (Å²) in [5.74, 6) is -1.71. The van der Waals surface area contributed by atoms with E-state index in [0.717, 1.165) is 11.3 Å². The van der Waals surface area contributed by atoms with Crippen LogP contribution in [0, 0.1) is 6.92 Å². The summed E-state index contributed by atoms with van der Waals surface area (Å²) in [6.07, 6.45) is 0. The number of hydrogen-bond donors (Lipinski definition) is 2. The number of piperazine rings is 1. The number of anilines is 1. The van der Waals surface area contributed by atoms with E-state index in [1.165, 1.54) is 8.61 Å². The number of esters is 1. The summed E-state index contributed by atoms with van der Waals surface area (Å²) in [5, 5.41) is 2.89. The number of primary amides is 1. The minimum absolute atomic E-state index is 0.0181. The van der Waals surface area contributed by atoms with E-state index in [0.29, 0.717) is 31.7 Å². The van der Waals surface area contributed by atoms with Crippen molar-refractivity contribution < 1.29 is 27.5 Å². The molecular weight excluding hydrogens is 458 g/mol. The average molecular weight is 490 g/mol. The summed E-state index contributed by atoms with van der Waals surface area (Å²) in [6, 6.07) is 0. The van der Waals surface area contributed by atoms with Gasteiger partial charge in [-0.2, -0.15) is 17.0 Å². The highest BCUT2D eigenvalue weighted by Gasteiger charge is 2.32. The Morgan fingerprint density at radius 3 is 2.22 bits per heavy atom. The van der Waals surface area contributed by atoms with Crippen LogP contribution in [0.25, 0.3) is 0 Å². The molecule has 2 heterocycles. The van der Waals surface area contributed by atoms with E-state index in [1.54, 1.807) is 27.7 Å². The third-order valence-corrected chi connectivity index (χ3v) is 8.57. The van der Waals surface area contributed by atoms with E-state index < -0.39 is 22.1 Å². The first-order valence-corrected chi connectivity index (χ1v) is 12.7. The van der Waals surface area contributed by atoms with Crippen molar-refractivity contribution in [2.75, 3.05) is 57.7 Å². The SMILES string of the molecule is CCOC(=O)c1c(NC(=O)CN2CCN(S(=O)(=O)N(CC)CC)CC2)sc(C(N)=O)c1C. The number of carbonyl (C=O) groups is 3. The molecule has 0 bridgehead atoms. The topological polar surface area (TPSA) is 142 Å². The standard InChI is InChI=1S/C19H31N5O6S2/c1-5-23(6-2)32(28,29)24-10-8-22(9-11-24)12-14(25)21-18-15(19(27)30-7-3)13(4)16(31-18)17(20)26/h5-12H2,1-4H3,(H2,20,26)(H,21,25). The Morgan fingerprint density at radius 2 is 1.72 bits per heavy atom. The van der Waals surface area contributed by atoms with Gasteiger partial charge in [0.25, 0.3) is 16.1 Å². The van der Waals surface area contributed by atoms with Crippen molar-refractivity contribution in [1.29, 1.82) is 0 Å². The van der Waals surface area contributed by atoms with Gasteiger partial charge in [0.15, 0.2) is 0 Å². The fourth-order valence-electron chi connectivity index (χ4n) is 3.49. The van der Waals surface area contributed by atoms with Crippen molar-refractivity contribution in [3.63, 3.8) is 0 Å². The van der Waals surface area contributed by atoms with Gasteiger partial charge in [-0.05, 0) is 19.4 Å². The van der Waals surface area contributed by atoms with Crippen molar-refractivity contribution in [1.82, 2.24) is 13.5 Å². The molecule has 0 saturated carbocycles. The first-order valence-electron chi connectivity index (χ1n) is 10.4. The van der Waals surface area contributed by atoms with Gasteiger partial charge < -0.3 is 15.8 Å². The quantitative estimate of drug-likeness (QED) is 0.455. The molecule has 1 aliphatic rings. The van der Waals surface area contributed by atoms with E-state index in [-0.39, 0.29) is 47.6 Å². The molecule has 1 aromatic heterocycles. The highest BCUT2D eigenvalue weighted by Crippen LogP contribution is 2.33.